The lowest BCUT2D eigenvalue weighted by molar-refractivity contribution is -0.148. The lowest BCUT2D eigenvalue weighted by atomic mass is 10.2. The van der Waals surface area contributed by atoms with E-state index in [2.05, 4.69) is 0 Å². The van der Waals surface area contributed by atoms with Crippen LogP contribution in [0.2, 0.25) is 0 Å². The Balaban J connectivity index is 2.68. The number of aryl methyl sites for hydroxylation is 1. The summed E-state index contributed by atoms with van der Waals surface area (Å²) in [5.41, 5.74) is 0.967. The molecule has 0 aromatic heterocycles. The van der Waals surface area contributed by atoms with Crippen molar-refractivity contribution in [1.82, 2.24) is 0 Å². The van der Waals surface area contributed by atoms with Crippen LogP contribution in [-0.2, 0) is 23.8 Å². The predicted octanol–water partition coefficient (Wildman–Crippen LogP) is 2.82. The van der Waals surface area contributed by atoms with Crippen LogP contribution in [0.15, 0.2) is 29.2 Å². The van der Waals surface area contributed by atoms with Crippen molar-refractivity contribution in [2.75, 3.05) is 6.61 Å². The molecule has 21 heavy (non-hydrogen) atoms. The van der Waals surface area contributed by atoms with Gasteiger partial charge in [-0.1, -0.05) is 31.0 Å². The average Bonchev–Trinajstić information content (AvgIpc) is 2.42. The highest BCUT2D eigenvalue weighted by Crippen LogP contribution is 2.15. The molecule has 0 saturated heterocycles. The van der Waals surface area contributed by atoms with Crippen LogP contribution >= 0.6 is 0 Å². The van der Waals surface area contributed by atoms with Gasteiger partial charge in [-0.2, -0.15) is 8.42 Å². The maximum Gasteiger partial charge on any atom is 0.302 e. The minimum atomic E-state index is -3.82. The third-order valence-electron chi connectivity index (χ3n) is 2.93. The number of hydrogen-bond acceptors (Lipinski definition) is 5. The molecule has 1 atom stereocenters. The minimum absolute atomic E-state index is 0.102. The van der Waals surface area contributed by atoms with Crippen LogP contribution in [0.25, 0.3) is 0 Å². The van der Waals surface area contributed by atoms with Crippen LogP contribution in [-0.4, -0.2) is 27.1 Å². The molecule has 6 heteroatoms. The summed E-state index contributed by atoms with van der Waals surface area (Å²) in [4.78, 5) is 11.1. The van der Waals surface area contributed by atoms with Crippen molar-refractivity contribution in [1.29, 1.82) is 0 Å². The smallest absolute Gasteiger partial charge is 0.302 e. The third kappa shape index (κ3) is 6.27. The van der Waals surface area contributed by atoms with Crippen molar-refractivity contribution < 1.29 is 22.1 Å². The van der Waals surface area contributed by atoms with Crippen LogP contribution in [0.1, 0.15) is 38.7 Å². The number of carbonyl (C=O) groups excluding carboxylic acids is 1. The number of rotatable bonds is 8. The summed E-state index contributed by atoms with van der Waals surface area (Å²) in [7, 11) is -3.82. The lowest BCUT2D eigenvalue weighted by Crippen LogP contribution is -2.24. The van der Waals surface area contributed by atoms with Crippen molar-refractivity contribution in [2.24, 2.45) is 0 Å². The van der Waals surface area contributed by atoms with E-state index in [1.165, 1.54) is 19.1 Å². The molecular formula is C15H22O5S. The van der Waals surface area contributed by atoms with Crippen LogP contribution in [0, 0.1) is 6.92 Å². The summed E-state index contributed by atoms with van der Waals surface area (Å²) in [6.07, 6.45) is 1.82. The van der Waals surface area contributed by atoms with E-state index in [4.69, 9.17) is 8.92 Å². The Morgan fingerprint density at radius 3 is 2.38 bits per heavy atom. The maximum absolute atomic E-state index is 12.0. The highest BCUT2D eigenvalue weighted by atomic mass is 32.2. The second kappa shape index (κ2) is 8.14. The Labute approximate surface area is 126 Å². The second-order valence-corrected chi connectivity index (χ2v) is 6.54. The second-order valence-electron chi connectivity index (χ2n) is 4.93. The number of ether oxygens (including phenoxy) is 1. The Morgan fingerprint density at radius 1 is 1.24 bits per heavy atom. The molecule has 0 bridgehead atoms. The monoisotopic (exact) mass is 314 g/mol. The van der Waals surface area contributed by atoms with E-state index in [0.29, 0.717) is 6.42 Å². The van der Waals surface area contributed by atoms with Gasteiger partial charge >= 0.3 is 5.97 Å². The molecule has 1 rings (SSSR count). The van der Waals surface area contributed by atoms with Crippen molar-refractivity contribution >= 4 is 16.1 Å². The molecule has 118 valence electrons. The summed E-state index contributed by atoms with van der Waals surface area (Å²) in [5.74, 6) is -0.438. The summed E-state index contributed by atoms with van der Waals surface area (Å²) >= 11 is 0. The molecule has 5 nitrogen and oxygen atoms in total. The number of hydrogen-bond donors (Lipinski definition) is 0. The van der Waals surface area contributed by atoms with Crippen molar-refractivity contribution in [3.8, 4) is 0 Å². The van der Waals surface area contributed by atoms with Gasteiger partial charge in [0, 0.05) is 6.92 Å². The predicted molar refractivity (Wildman–Crippen MR) is 79.4 cm³/mol. The number of unbranched alkanes of at least 4 members (excludes halogenated alkanes) is 1. The van der Waals surface area contributed by atoms with Gasteiger partial charge in [0.1, 0.15) is 12.7 Å². The Bertz CT molecular complexity index is 548. The standard InChI is InChI=1S/C15H22O5S/c1-4-5-6-14(20-13(3)16)11-19-21(17,18)15-9-7-12(2)8-10-15/h7-10,14H,4-6,11H2,1-3H3/t14-/m0/s1. The van der Waals surface area contributed by atoms with Crippen molar-refractivity contribution in [3.05, 3.63) is 29.8 Å². The molecule has 0 fully saturated rings. The van der Waals surface area contributed by atoms with Crippen molar-refractivity contribution in [2.45, 2.75) is 51.0 Å². The molecule has 0 saturated carbocycles. The normalized spacial score (nSPS) is 12.9. The Morgan fingerprint density at radius 2 is 1.86 bits per heavy atom. The van der Waals surface area contributed by atoms with E-state index in [9.17, 15) is 13.2 Å². The molecule has 1 aromatic rings. The molecule has 0 aliphatic carbocycles. The molecule has 0 aliphatic heterocycles. The van der Waals surface area contributed by atoms with Gasteiger partial charge in [-0.3, -0.25) is 8.98 Å². The zero-order valence-corrected chi connectivity index (χ0v) is 13.5. The zero-order chi connectivity index (χ0) is 15.9. The van der Waals surface area contributed by atoms with Gasteiger partial charge in [-0.05, 0) is 31.9 Å². The fraction of sp³-hybridized carbons (Fsp3) is 0.533. The van der Waals surface area contributed by atoms with Gasteiger partial charge in [0.25, 0.3) is 10.1 Å². The van der Waals surface area contributed by atoms with Gasteiger partial charge in [-0.25, -0.2) is 0 Å². The molecule has 0 amide bonds. The topological polar surface area (TPSA) is 69.7 Å². The first-order valence-corrected chi connectivity index (χ1v) is 8.39. The van der Waals surface area contributed by atoms with E-state index in [1.807, 2.05) is 13.8 Å². The van der Waals surface area contributed by atoms with Crippen LogP contribution < -0.4 is 0 Å². The van der Waals surface area contributed by atoms with E-state index in [1.54, 1.807) is 12.1 Å². The van der Waals surface area contributed by atoms with E-state index >= 15 is 0 Å². The van der Waals surface area contributed by atoms with Crippen molar-refractivity contribution in [3.63, 3.8) is 0 Å². The molecule has 1 aromatic carbocycles. The highest BCUT2D eigenvalue weighted by Gasteiger charge is 2.19. The SMILES string of the molecule is CCCC[C@@H](COS(=O)(=O)c1ccc(C)cc1)OC(C)=O. The van der Waals surface area contributed by atoms with Gasteiger partial charge in [0.05, 0.1) is 4.90 Å². The first-order chi connectivity index (χ1) is 9.85. The summed E-state index contributed by atoms with van der Waals surface area (Å²) in [6, 6.07) is 6.41. The molecule has 0 radical (unpaired) electrons. The molecular weight excluding hydrogens is 292 g/mol. The van der Waals surface area contributed by atoms with Crippen LogP contribution in [0.4, 0.5) is 0 Å². The quantitative estimate of drug-likeness (QED) is 0.545. The fourth-order valence-electron chi connectivity index (χ4n) is 1.78. The van der Waals surface area contributed by atoms with E-state index in [0.717, 1.165) is 18.4 Å². The fourth-order valence-corrected chi connectivity index (χ4v) is 2.72. The number of carbonyl (C=O) groups is 1. The number of benzene rings is 1. The molecule has 0 heterocycles. The number of esters is 1. The molecule has 0 N–H and O–H groups in total. The Kier molecular flexibility index (Phi) is 6.84. The summed E-state index contributed by atoms with van der Waals surface area (Å²) in [5, 5.41) is 0. The van der Waals surface area contributed by atoms with E-state index < -0.39 is 22.2 Å². The van der Waals surface area contributed by atoms with Gasteiger partial charge < -0.3 is 4.74 Å². The third-order valence-corrected chi connectivity index (χ3v) is 4.23. The van der Waals surface area contributed by atoms with Gasteiger partial charge in [0.2, 0.25) is 0 Å². The first kappa shape index (κ1) is 17.7. The van der Waals surface area contributed by atoms with E-state index in [-0.39, 0.29) is 11.5 Å². The highest BCUT2D eigenvalue weighted by molar-refractivity contribution is 7.86. The van der Waals surface area contributed by atoms with Gasteiger partial charge in [0.15, 0.2) is 0 Å². The minimum Gasteiger partial charge on any atom is -0.460 e. The summed E-state index contributed by atoms with van der Waals surface area (Å²) in [6.45, 7) is 5.02. The maximum atomic E-state index is 12.0. The molecule has 0 spiro atoms. The largest absolute Gasteiger partial charge is 0.460 e. The van der Waals surface area contributed by atoms with Crippen LogP contribution in [0.5, 0.6) is 0 Å². The molecule has 0 unspecified atom stereocenters. The van der Waals surface area contributed by atoms with Gasteiger partial charge in [-0.15, -0.1) is 0 Å². The van der Waals surface area contributed by atoms with Crippen LogP contribution in [0.3, 0.4) is 0 Å². The molecule has 0 aliphatic rings. The summed E-state index contributed by atoms with van der Waals surface area (Å²) < 4.78 is 34.2. The average molecular weight is 314 g/mol. The zero-order valence-electron chi connectivity index (χ0n) is 12.7. The Hall–Kier alpha value is -1.40. The lowest BCUT2D eigenvalue weighted by Gasteiger charge is -2.16. The first-order valence-electron chi connectivity index (χ1n) is 6.98.